The summed E-state index contributed by atoms with van der Waals surface area (Å²) in [5, 5.41) is 3.89. The molecule has 0 aliphatic carbocycles. The van der Waals surface area contributed by atoms with Gasteiger partial charge in [-0.15, -0.1) is 0 Å². The summed E-state index contributed by atoms with van der Waals surface area (Å²) < 4.78 is 10.6. The monoisotopic (exact) mass is 314 g/mol. The molecule has 0 saturated carbocycles. The van der Waals surface area contributed by atoms with Crippen LogP contribution in [0.2, 0.25) is 0 Å². The minimum atomic E-state index is 0.191. The van der Waals surface area contributed by atoms with E-state index in [2.05, 4.69) is 10.1 Å². The Morgan fingerprint density at radius 1 is 1.13 bits per heavy atom. The standard InChI is InChI=1S/C17H18N2O4/c1-12-7-13(19-14(8-12)10-20)9-18-23-11-15-16(21-2)5-4-6-17(15)22-3/h4-10H,11H2,1-3H3/b18-9+. The van der Waals surface area contributed by atoms with Crippen LogP contribution in [0, 0.1) is 6.92 Å². The Kier molecular flexibility index (Phi) is 5.68. The number of hydrogen-bond acceptors (Lipinski definition) is 6. The number of pyridine rings is 1. The summed E-state index contributed by atoms with van der Waals surface area (Å²) >= 11 is 0. The van der Waals surface area contributed by atoms with E-state index in [1.807, 2.05) is 31.2 Å². The topological polar surface area (TPSA) is 70.0 Å². The molecule has 1 aromatic carbocycles. The van der Waals surface area contributed by atoms with Crippen LogP contribution in [0.5, 0.6) is 11.5 Å². The van der Waals surface area contributed by atoms with Crippen molar-refractivity contribution in [3.8, 4) is 11.5 Å². The van der Waals surface area contributed by atoms with E-state index in [1.54, 1.807) is 20.3 Å². The Hall–Kier alpha value is -2.89. The van der Waals surface area contributed by atoms with E-state index in [9.17, 15) is 4.79 Å². The molecule has 0 spiro atoms. The van der Waals surface area contributed by atoms with Crippen LogP contribution in [-0.4, -0.2) is 31.7 Å². The molecule has 0 aliphatic rings. The summed E-state index contributed by atoms with van der Waals surface area (Å²) in [6.07, 6.45) is 2.16. The first-order chi connectivity index (χ1) is 11.2. The molecule has 0 radical (unpaired) electrons. The van der Waals surface area contributed by atoms with E-state index >= 15 is 0 Å². The predicted molar refractivity (Wildman–Crippen MR) is 86.3 cm³/mol. The normalized spacial score (nSPS) is 10.6. The van der Waals surface area contributed by atoms with Gasteiger partial charge in [0.2, 0.25) is 0 Å². The summed E-state index contributed by atoms with van der Waals surface area (Å²) in [5.41, 5.74) is 2.60. The van der Waals surface area contributed by atoms with Gasteiger partial charge in [0.15, 0.2) is 6.29 Å². The summed E-state index contributed by atoms with van der Waals surface area (Å²) in [6, 6.07) is 8.99. The van der Waals surface area contributed by atoms with Gasteiger partial charge in [-0.05, 0) is 36.8 Å². The Morgan fingerprint density at radius 2 is 1.78 bits per heavy atom. The van der Waals surface area contributed by atoms with Gasteiger partial charge in [-0.2, -0.15) is 0 Å². The van der Waals surface area contributed by atoms with E-state index in [0.29, 0.717) is 29.2 Å². The van der Waals surface area contributed by atoms with Crippen molar-refractivity contribution >= 4 is 12.5 Å². The molecule has 2 aromatic rings. The number of carbonyl (C=O) groups excluding carboxylic acids is 1. The molecule has 0 fully saturated rings. The van der Waals surface area contributed by atoms with Crippen LogP contribution in [-0.2, 0) is 11.4 Å². The van der Waals surface area contributed by atoms with Crippen LogP contribution in [0.4, 0.5) is 0 Å². The predicted octanol–water partition coefficient (Wildman–Crippen LogP) is 2.77. The van der Waals surface area contributed by atoms with Crippen LogP contribution >= 0.6 is 0 Å². The molecule has 2 rings (SSSR count). The lowest BCUT2D eigenvalue weighted by molar-refractivity contribution is 0.111. The Balaban J connectivity index is 2.08. The summed E-state index contributed by atoms with van der Waals surface area (Å²) in [5.74, 6) is 1.33. The average Bonchev–Trinajstić information content (AvgIpc) is 2.57. The highest BCUT2D eigenvalue weighted by Crippen LogP contribution is 2.28. The molecule has 0 saturated heterocycles. The van der Waals surface area contributed by atoms with Gasteiger partial charge in [-0.25, -0.2) is 4.98 Å². The molecule has 6 heteroatoms. The van der Waals surface area contributed by atoms with Gasteiger partial charge in [0.25, 0.3) is 0 Å². The molecule has 0 bridgehead atoms. The Labute approximate surface area is 134 Å². The van der Waals surface area contributed by atoms with Gasteiger partial charge in [-0.1, -0.05) is 11.2 Å². The summed E-state index contributed by atoms with van der Waals surface area (Å²) in [4.78, 5) is 20.2. The smallest absolute Gasteiger partial charge is 0.168 e. The van der Waals surface area contributed by atoms with Crippen molar-refractivity contribution in [3.63, 3.8) is 0 Å². The van der Waals surface area contributed by atoms with Crippen LogP contribution in [0.15, 0.2) is 35.5 Å². The lowest BCUT2D eigenvalue weighted by Gasteiger charge is -2.11. The van der Waals surface area contributed by atoms with Gasteiger partial charge < -0.3 is 14.3 Å². The number of ether oxygens (including phenoxy) is 2. The maximum atomic E-state index is 10.8. The van der Waals surface area contributed by atoms with Crippen molar-refractivity contribution in [2.24, 2.45) is 5.16 Å². The number of hydrogen-bond donors (Lipinski definition) is 0. The van der Waals surface area contributed by atoms with E-state index in [4.69, 9.17) is 14.3 Å². The Morgan fingerprint density at radius 3 is 2.39 bits per heavy atom. The zero-order valence-electron chi connectivity index (χ0n) is 13.3. The fraction of sp³-hybridized carbons (Fsp3) is 0.235. The third kappa shape index (κ3) is 4.29. The highest BCUT2D eigenvalue weighted by molar-refractivity contribution is 5.80. The second-order valence-corrected chi connectivity index (χ2v) is 4.76. The number of nitrogens with zero attached hydrogens (tertiary/aromatic N) is 2. The van der Waals surface area contributed by atoms with E-state index in [0.717, 1.165) is 11.1 Å². The second-order valence-electron chi connectivity index (χ2n) is 4.76. The zero-order valence-corrected chi connectivity index (χ0v) is 13.3. The van der Waals surface area contributed by atoms with Crippen molar-refractivity contribution in [1.29, 1.82) is 0 Å². The third-order valence-corrected chi connectivity index (χ3v) is 3.13. The number of methoxy groups -OCH3 is 2. The summed E-state index contributed by atoms with van der Waals surface area (Å²) in [7, 11) is 3.17. The van der Waals surface area contributed by atoms with Gasteiger partial charge >= 0.3 is 0 Å². The first-order valence-electron chi connectivity index (χ1n) is 6.97. The van der Waals surface area contributed by atoms with Crippen LogP contribution in [0.3, 0.4) is 0 Å². The minimum absolute atomic E-state index is 0.191. The Bertz CT molecular complexity index is 691. The van der Waals surface area contributed by atoms with E-state index in [1.165, 1.54) is 6.21 Å². The molecular formula is C17H18N2O4. The molecule has 120 valence electrons. The number of oxime groups is 1. The van der Waals surface area contributed by atoms with Crippen LogP contribution in [0.1, 0.15) is 27.3 Å². The quantitative estimate of drug-likeness (QED) is 0.446. The second kappa shape index (κ2) is 7.93. The van der Waals surface area contributed by atoms with E-state index in [-0.39, 0.29) is 6.61 Å². The van der Waals surface area contributed by atoms with Crippen molar-refractivity contribution in [3.05, 3.63) is 52.8 Å². The molecule has 0 amide bonds. The number of carbonyl (C=O) groups is 1. The van der Waals surface area contributed by atoms with E-state index < -0.39 is 0 Å². The number of aldehydes is 1. The zero-order chi connectivity index (χ0) is 16.7. The molecule has 0 aliphatic heterocycles. The first-order valence-corrected chi connectivity index (χ1v) is 6.97. The largest absolute Gasteiger partial charge is 0.496 e. The molecule has 0 atom stereocenters. The lowest BCUT2D eigenvalue weighted by Crippen LogP contribution is -1.99. The number of aryl methyl sites for hydroxylation is 1. The highest BCUT2D eigenvalue weighted by atomic mass is 16.6. The highest BCUT2D eigenvalue weighted by Gasteiger charge is 2.10. The molecule has 1 aromatic heterocycles. The minimum Gasteiger partial charge on any atom is -0.496 e. The molecule has 23 heavy (non-hydrogen) atoms. The molecule has 6 nitrogen and oxygen atoms in total. The lowest BCUT2D eigenvalue weighted by atomic mass is 10.2. The SMILES string of the molecule is COc1cccc(OC)c1CO/N=C/c1cc(C)cc(C=O)n1. The molecule has 0 N–H and O–H groups in total. The van der Waals surface area contributed by atoms with Crippen molar-refractivity contribution < 1.29 is 19.1 Å². The molecular weight excluding hydrogens is 296 g/mol. The van der Waals surface area contributed by atoms with Crippen LogP contribution in [0.25, 0.3) is 0 Å². The van der Waals surface area contributed by atoms with Gasteiger partial charge in [0.05, 0.1) is 31.7 Å². The fourth-order valence-electron chi connectivity index (χ4n) is 2.11. The number of rotatable bonds is 7. The maximum Gasteiger partial charge on any atom is 0.168 e. The van der Waals surface area contributed by atoms with Gasteiger partial charge in [0.1, 0.15) is 23.8 Å². The van der Waals surface area contributed by atoms with Crippen LogP contribution < -0.4 is 9.47 Å². The van der Waals surface area contributed by atoms with Gasteiger partial charge in [-0.3, -0.25) is 4.79 Å². The van der Waals surface area contributed by atoms with Gasteiger partial charge in [0, 0.05) is 0 Å². The maximum absolute atomic E-state index is 10.8. The molecule has 0 unspecified atom stereocenters. The average molecular weight is 314 g/mol. The fourth-order valence-corrected chi connectivity index (χ4v) is 2.11. The number of benzene rings is 1. The first kappa shape index (κ1) is 16.5. The van der Waals surface area contributed by atoms with Crippen molar-refractivity contribution in [2.75, 3.05) is 14.2 Å². The summed E-state index contributed by atoms with van der Waals surface area (Å²) in [6.45, 7) is 2.07. The van der Waals surface area contributed by atoms with Crippen molar-refractivity contribution in [2.45, 2.75) is 13.5 Å². The van der Waals surface area contributed by atoms with Crippen molar-refractivity contribution in [1.82, 2.24) is 4.98 Å². The number of aromatic nitrogens is 1. The molecule has 1 heterocycles. The third-order valence-electron chi connectivity index (χ3n) is 3.13.